The van der Waals surface area contributed by atoms with Gasteiger partial charge in [0.05, 0.1) is 0 Å². The van der Waals surface area contributed by atoms with Crippen molar-refractivity contribution in [1.29, 1.82) is 0 Å². The predicted octanol–water partition coefficient (Wildman–Crippen LogP) is 0.394. The van der Waals surface area contributed by atoms with E-state index in [4.69, 9.17) is 5.73 Å². The third-order valence-corrected chi connectivity index (χ3v) is 2.88. The second-order valence-corrected chi connectivity index (χ2v) is 4.82. The summed E-state index contributed by atoms with van der Waals surface area (Å²) in [6, 6.07) is 2.36. The largest absolute Gasteiger partial charge is 0.506 e. The summed E-state index contributed by atoms with van der Waals surface area (Å²) in [5.74, 6) is -1.57. The highest BCUT2D eigenvalue weighted by atomic mass is 32.2. The van der Waals surface area contributed by atoms with Crippen LogP contribution in [-0.2, 0) is 16.4 Å². The third kappa shape index (κ3) is 1.85. The molecule has 0 fully saturated rings. The SMILES string of the molecule is CS(=O)(=O)c1c(O)ccc(CN)c1F. The molecule has 0 heterocycles. The van der Waals surface area contributed by atoms with Gasteiger partial charge in [-0.25, -0.2) is 12.8 Å². The van der Waals surface area contributed by atoms with Crippen LogP contribution in [0.4, 0.5) is 4.39 Å². The number of sulfone groups is 1. The maximum Gasteiger partial charge on any atom is 0.182 e. The molecule has 0 radical (unpaired) electrons. The first kappa shape index (κ1) is 10.9. The van der Waals surface area contributed by atoms with Crippen LogP contribution in [0, 0.1) is 5.82 Å². The molecule has 0 aliphatic carbocycles. The van der Waals surface area contributed by atoms with Gasteiger partial charge in [0.2, 0.25) is 0 Å². The Morgan fingerprint density at radius 2 is 2.07 bits per heavy atom. The van der Waals surface area contributed by atoms with E-state index >= 15 is 0 Å². The highest BCUT2D eigenvalue weighted by molar-refractivity contribution is 7.90. The minimum atomic E-state index is -3.78. The van der Waals surface area contributed by atoms with Gasteiger partial charge in [-0.05, 0) is 6.07 Å². The van der Waals surface area contributed by atoms with Gasteiger partial charge in [-0.15, -0.1) is 0 Å². The van der Waals surface area contributed by atoms with Gasteiger partial charge in [-0.1, -0.05) is 6.07 Å². The predicted molar refractivity (Wildman–Crippen MR) is 49.1 cm³/mol. The van der Waals surface area contributed by atoms with Crippen LogP contribution in [-0.4, -0.2) is 19.8 Å². The molecule has 4 nitrogen and oxygen atoms in total. The van der Waals surface area contributed by atoms with E-state index in [-0.39, 0.29) is 12.1 Å². The van der Waals surface area contributed by atoms with Crippen LogP contribution in [0.5, 0.6) is 5.75 Å². The Kier molecular flexibility index (Phi) is 2.77. The average Bonchev–Trinajstić information content (AvgIpc) is 2.02. The lowest BCUT2D eigenvalue weighted by Crippen LogP contribution is -2.07. The zero-order chi connectivity index (χ0) is 10.9. The molecule has 1 aromatic carbocycles. The number of halogens is 1. The monoisotopic (exact) mass is 219 g/mol. The second-order valence-electron chi connectivity index (χ2n) is 2.86. The van der Waals surface area contributed by atoms with Gasteiger partial charge in [-0.3, -0.25) is 0 Å². The van der Waals surface area contributed by atoms with Gasteiger partial charge in [0, 0.05) is 18.4 Å². The summed E-state index contributed by atoms with van der Waals surface area (Å²) in [5, 5.41) is 9.19. The Morgan fingerprint density at radius 1 is 1.50 bits per heavy atom. The topological polar surface area (TPSA) is 80.4 Å². The van der Waals surface area contributed by atoms with Crippen LogP contribution in [0.25, 0.3) is 0 Å². The molecule has 0 unspecified atom stereocenters. The van der Waals surface area contributed by atoms with Crippen molar-refractivity contribution in [3.63, 3.8) is 0 Å². The molecule has 0 aliphatic heterocycles. The fourth-order valence-electron chi connectivity index (χ4n) is 1.10. The van der Waals surface area contributed by atoms with Crippen LogP contribution < -0.4 is 5.73 Å². The van der Waals surface area contributed by atoms with Gasteiger partial charge in [0.25, 0.3) is 0 Å². The second kappa shape index (κ2) is 3.55. The van der Waals surface area contributed by atoms with Crippen molar-refractivity contribution >= 4 is 9.84 Å². The van der Waals surface area contributed by atoms with Crippen LogP contribution in [0.3, 0.4) is 0 Å². The molecular weight excluding hydrogens is 209 g/mol. The summed E-state index contributed by atoms with van der Waals surface area (Å²) in [6.45, 7) is -0.116. The van der Waals surface area contributed by atoms with Crippen molar-refractivity contribution in [2.75, 3.05) is 6.26 Å². The zero-order valence-electron chi connectivity index (χ0n) is 7.49. The van der Waals surface area contributed by atoms with Crippen molar-refractivity contribution in [3.05, 3.63) is 23.5 Å². The van der Waals surface area contributed by atoms with Crippen LogP contribution in [0.1, 0.15) is 5.56 Å². The van der Waals surface area contributed by atoms with Crippen molar-refractivity contribution in [2.45, 2.75) is 11.4 Å². The van der Waals surface area contributed by atoms with Crippen LogP contribution >= 0.6 is 0 Å². The molecule has 1 rings (SSSR count). The Morgan fingerprint density at radius 3 is 2.50 bits per heavy atom. The highest BCUT2D eigenvalue weighted by Crippen LogP contribution is 2.27. The summed E-state index contributed by atoms with van der Waals surface area (Å²) in [7, 11) is -3.78. The molecule has 6 heteroatoms. The number of benzene rings is 1. The highest BCUT2D eigenvalue weighted by Gasteiger charge is 2.20. The first-order valence-electron chi connectivity index (χ1n) is 3.78. The van der Waals surface area contributed by atoms with E-state index in [1.54, 1.807) is 0 Å². The molecule has 3 N–H and O–H groups in total. The number of phenols is 1. The summed E-state index contributed by atoms with van der Waals surface area (Å²) >= 11 is 0. The lowest BCUT2D eigenvalue weighted by atomic mass is 10.2. The van der Waals surface area contributed by atoms with Crippen LogP contribution in [0.2, 0.25) is 0 Å². The maximum absolute atomic E-state index is 13.4. The molecular formula is C8H10FNO3S. The smallest absolute Gasteiger partial charge is 0.182 e. The first-order chi connectivity index (χ1) is 6.38. The number of hydrogen-bond donors (Lipinski definition) is 2. The molecule has 14 heavy (non-hydrogen) atoms. The number of phenolic OH excluding ortho intramolecular Hbond substituents is 1. The average molecular weight is 219 g/mol. The third-order valence-electron chi connectivity index (χ3n) is 1.75. The molecule has 1 aromatic rings. The van der Waals surface area contributed by atoms with Gasteiger partial charge in [0.1, 0.15) is 16.5 Å². The lowest BCUT2D eigenvalue weighted by molar-refractivity contribution is 0.442. The standard InChI is InChI=1S/C8H10FNO3S/c1-14(12,13)8-6(11)3-2-5(4-10)7(8)9/h2-3,11H,4,10H2,1H3. The van der Waals surface area contributed by atoms with Crippen molar-refractivity contribution < 1.29 is 17.9 Å². The molecule has 0 aromatic heterocycles. The Balaban J connectivity index is 3.57. The summed E-state index contributed by atoms with van der Waals surface area (Å²) < 4.78 is 35.6. The molecule has 0 amide bonds. The van der Waals surface area contributed by atoms with Gasteiger partial charge < -0.3 is 10.8 Å². The maximum atomic E-state index is 13.4. The van der Waals surface area contributed by atoms with Gasteiger partial charge in [-0.2, -0.15) is 0 Å². The van der Waals surface area contributed by atoms with E-state index in [1.165, 1.54) is 6.07 Å². The number of aromatic hydroxyl groups is 1. The number of hydrogen-bond acceptors (Lipinski definition) is 4. The van der Waals surface area contributed by atoms with Gasteiger partial charge >= 0.3 is 0 Å². The van der Waals surface area contributed by atoms with E-state index < -0.39 is 26.3 Å². The Labute approximate surface area is 81.1 Å². The van der Waals surface area contributed by atoms with Crippen molar-refractivity contribution in [3.8, 4) is 5.75 Å². The minimum Gasteiger partial charge on any atom is -0.506 e. The van der Waals surface area contributed by atoms with Crippen LogP contribution in [0.15, 0.2) is 17.0 Å². The lowest BCUT2D eigenvalue weighted by Gasteiger charge is -2.06. The molecule has 0 aliphatic rings. The number of rotatable bonds is 2. The van der Waals surface area contributed by atoms with E-state index in [0.29, 0.717) is 0 Å². The fraction of sp³-hybridized carbons (Fsp3) is 0.250. The number of nitrogens with two attached hydrogens (primary N) is 1. The zero-order valence-corrected chi connectivity index (χ0v) is 8.31. The van der Waals surface area contributed by atoms with E-state index in [9.17, 15) is 17.9 Å². The molecule has 78 valence electrons. The van der Waals surface area contributed by atoms with Crippen molar-refractivity contribution in [1.82, 2.24) is 0 Å². The molecule has 0 spiro atoms. The van der Waals surface area contributed by atoms with E-state index in [0.717, 1.165) is 12.3 Å². The van der Waals surface area contributed by atoms with Crippen molar-refractivity contribution in [2.24, 2.45) is 5.73 Å². The normalized spacial score (nSPS) is 11.6. The van der Waals surface area contributed by atoms with Gasteiger partial charge in [0.15, 0.2) is 9.84 Å². The molecule has 0 atom stereocenters. The van der Waals surface area contributed by atoms with E-state index in [2.05, 4.69) is 0 Å². The summed E-state index contributed by atoms with van der Waals surface area (Å²) in [4.78, 5) is -0.694. The first-order valence-corrected chi connectivity index (χ1v) is 5.67. The summed E-state index contributed by atoms with van der Waals surface area (Å²) in [6.07, 6.45) is 0.825. The molecule has 0 saturated heterocycles. The minimum absolute atomic E-state index is 0.0585. The fourth-order valence-corrected chi connectivity index (χ4v) is 2.00. The summed E-state index contributed by atoms with van der Waals surface area (Å²) in [5.41, 5.74) is 5.25. The molecule has 0 saturated carbocycles. The quantitative estimate of drug-likeness (QED) is 0.754. The Bertz CT molecular complexity index is 456. The Hall–Kier alpha value is -1.14. The molecule has 0 bridgehead atoms. The van der Waals surface area contributed by atoms with E-state index in [1.807, 2.05) is 0 Å².